The molecule has 0 spiro atoms. The highest BCUT2D eigenvalue weighted by Gasteiger charge is 2.21. The van der Waals surface area contributed by atoms with Crippen LogP contribution < -0.4 is 16.4 Å². The van der Waals surface area contributed by atoms with Gasteiger partial charge < -0.3 is 25.7 Å². The van der Waals surface area contributed by atoms with Gasteiger partial charge in [-0.2, -0.15) is 12.6 Å². The second-order valence-corrected chi connectivity index (χ2v) is 4.52. The van der Waals surface area contributed by atoms with E-state index in [1.807, 2.05) is 0 Å². The van der Waals surface area contributed by atoms with E-state index in [1.165, 1.54) is 0 Å². The van der Waals surface area contributed by atoms with Crippen molar-refractivity contribution in [3.63, 3.8) is 0 Å². The topological polar surface area (TPSA) is 148 Å². The standard InChI is InChI=1S/C10H17N3O6S2/c11-5(10(18)19-21)1-2-7(14)13-6(4-20)9(17)12-3-8(15)16/h5-6,20-21H,1-4,11H2,(H,12,17)(H,13,14)(H,15,16). The lowest BCUT2D eigenvalue weighted by Gasteiger charge is -2.16. The molecule has 0 aromatic rings. The number of carbonyl (C=O) groups is 4. The number of carboxylic acids is 1. The fourth-order valence-corrected chi connectivity index (χ4v) is 1.61. The highest BCUT2D eigenvalue weighted by Crippen LogP contribution is 2.00. The third kappa shape index (κ3) is 8.42. The molecule has 21 heavy (non-hydrogen) atoms. The van der Waals surface area contributed by atoms with Gasteiger partial charge in [-0.05, 0) is 6.42 Å². The maximum Gasteiger partial charge on any atom is 0.334 e. The van der Waals surface area contributed by atoms with E-state index in [0.29, 0.717) is 0 Å². The lowest BCUT2D eigenvalue weighted by Crippen LogP contribution is -2.49. The highest BCUT2D eigenvalue weighted by atomic mass is 32.1. The van der Waals surface area contributed by atoms with E-state index < -0.39 is 42.4 Å². The molecule has 2 amide bonds. The summed E-state index contributed by atoms with van der Waals surface area (Å²) in [5, 5.41) is 12.9. The van der Waals surface area contributed by atoms with E-state index in [1.54, 1.807) is 0 Å². The molecule has 11 heteroatoms. The predicted molar refractivity (Wildman–Crippen MR) is 78.7 cm³/mol. The summed E-state index contributed by atoms with van der Waals surface area (Å²) in [6.07, 6.45) is -0.0954. The molecule has 2 atom stereocenters. The highest BCUT2D eigenvalue weighted by molar-refractivity contribution is 7.80. The number of aliphatic carboxylic acids is 1. The van der Waals surface area contributed by atoms with E-state index in [9.17, 15) is 19.2 Å². The molecule has 0 fully saturated rings. The van der Waals surface area contributed by atoms with Crippen molar-refractivity contribution in [3.8, 4) is 0 Å². The zero-order chi connectivity index (χ0) is 16.4. The lowest BCUT2D eigenvalue weighted by molar-refractivity contribution is -0.138. The lowest BCUT2D eigenvalue weighted by atomic mass is 10.1. The average Bonchev–Trinajstić information content (AvgIpc) is 2.46. The SMILES string of the molecule is NC(CCC(=O)NC(CS)C(=O)NCC(=O)O)C(=O)OS. The minimum Gasteiger partial charge on any atom is -0.480 e. The second kappa shape index (κ2) is 10.3. The maximum atomic E-state index is 11.6. The Hall–Kier alpha value is -1.46. The van der Waals surface area contributed by atoms with Gasteiger partial charge in [-0.3, -0.25) is 14.4 Å². The van der Waals surface area contributed by atoms with Gasteiger partial charge in [0.2, 0.25) is 11.8 Å². The van der Waals surface area contributed by atoms with Gasteiger partial charge in [-0.25, -0.2) is 4.79 Å². The quantitative estimate of drug-likeness (QED) is 0.212. The third-order valence-corrected chi connectivity index (χ3v) is 2.87. The Labute approximate surface area is 132 Å². The Morgan fingerprint density at radius 2 is 1.90 bits per heavy atom. The molecule has 0 aromatic heterocycles. The summed E-state index contributed by atoms with van der Waals surface area (Å²) in [7, 11) is 0. The summed E-state index contributed by atoms with van der Waals surface area (Å²) < 4.78 is 4.11. The van der Waals surface area contributed by atoms with Crippen molar-refractivity contribution in [2.75, 3.05) is 12.3 Å². The molecule has 0 aliphatic rings. The van der Waals surface area contributed by atoms with Gasteiger partial charge in [0.15, 0.2) is 0 Å². The van der Waals surface area contributed by atoms with Gasteiger partial charge in [0.25, 0.3) is 0 Å². The van der Waals surface area contributed by atoms with Crippen LogP contribution in [0.4, 0.5) is 0 Å². The molecule has 0 aliphatic carbocycles. The molecule has 0 bridgehead atoms. The minimum absolute atomic E-state index is 0.0120. The van der Waals surface area contributed by atoms with Gasteiger partial charge in [0.1, 0.15) is 18.6 Å². The van der Waals surface area contributed by atoms with Crippen LogP contribution in [0.1, 0.15) is 12.8 Å². The second-order valence-electron chi connectivity index (χ2n) is 3.97. The average molecular weight is 339 g/mol. The van der Waals surface area contributed by atoms with E-state index in [0.717, 1.165) is 0 Å². The number of hydrogen-bond donors (Lipinski definition) is 6. The summed E-state index contributed by atoms with van der Waals surface area (Å²) in [4.78, 5) is 44.5. The number of nitrogens with one attached hydrogen (secondary N) is 2. The summed E-state index contributed by atoms with van der Waals surface area (Å²) in [6.45, 7) is -0.558. The molecule has 0 saturated heterocycles. The predicted octanol–water partition coefficient (Wildman–Crippen LogP) is -1.90. The van der Waals surface area contributed by atoms with Crippen molar-refractivity contribution in [2.24, 2.45) is 5.73 Å². The zero-order valence-electron chi connectivity index (χ0n) is 10.9. The molecular weight excluding hydrogens is 322 g/mol. The van der Waals surface area contributed by atoms with Crippen LogP contribution in [-0.2, 0) is 23.4 Å². The first-order valence-corrected chi connectivity index (χ1v) is 6.82. The molecule has 2 unspecified atom stereocenters. The molecule has 0 aromatic carbocycles. The van der Waals surface area contributed by atoms with Crippen LogP contribution >= 0.6 is 25.5 Å². The number of amides is 2. The summed E-state index contributed by atoms with van der Waals surface area (Å²) in [5.74, 6) is -3.18. The third-order valence-electron chi connectivity index (χ3n) is 2.32. The summed E-state index contributed by atoms with van der Waals surface area (Å²) >= 11 is 7.19. The van der Waals surface area contributed by atoms with Crippen molar-refractivity contribution in [1.82, 2.24) is 10.6 Å². The van der Waals surface area contributed by atoms with Crippen molar-refractivity contribution >= 4 is 49.3 Å². The number of nitrogens with two attached hydrogens (primary N) is 1. The van der Waals surface area contributed by atoms with Crippen LogP contribution in [0.25, 0.3) is 0 Å². The fourth-order valence-electron chi connectivity index (χ4n) is 1.22. The Balaban J connectivity index is 4.23. The molecule has 0 rings (SSSR count). The van der Waals surface area contributed by atoms with Crippen LogP contribution in [0.2, 0.25) is 0 Å². The normalized spacial score (nSPS) is 12.9. The molecule has 0 aliphatic heterocycles. The molecule has 5 N–H and O–H groups in total. The fraction of sp³-hybridized carbons (Fsp3) is 0.600. The molecule has 0 heterocycles. The Morgan fingerprint density at radius 1 is 1.29 bits per heavy atom. The van der Waals surface area contributed by atoms with Crippen molar-refractivity contribution in [1.29, 1.82) is 0 Å². The summed E-state index contributed by atoms with van der Waals surface area (Å²) in [6, 6.07) is -1.98. The first-order valence-electron chi connectivity index (χ1n) is 5.82. The number of thiol groups is 2. The number of carboxylic acid groups (broad SMARTS) is 1. The number of carbonyl (C=O) groups excluding carboxylic acids is 3. The first kappa shape index (κ1) is 19.5. The van der Waals surface area contributed by atoms with Gasteiger partial charge >= 0.3 is 11.9 Å². The summed E-state index contributed by atoms with van der Waals surface area (Å²) in [5.41, 5.74) is 5.42. The van der Waals surface area contributed by atoms with Crippen molar-refractivity contribution < 1.29 is 28.5 Å². The largest absolute Gasteiger partial charge is 0.480 e. The molecule has 0 radical (unpaired) electrons. The number of hydrogen-bond acceptors (Lipinski definition) is 8. The molecule has 120 valence electrons. The molecule has 9 nitrogen and oxygen atoms in total. The molecule has 0 saturated carbocycles. The van der Waals surface area contributed by atoms with E-state index in [4.69, 9.17) is 10.8 Å². The smallest absolute Gasteiger partial charge is 0.334 e. The van der Waals surface area contributed by atoms with Crippen LogP contribution in [-0.4, -0.2) is 53.2 Å². The maximum absolute atomic E-state index is 11.6. The van der Waals surface area contributed by atoms with Crippen LogP contribution in [0, 0.1) is 0 Å². The van der Waals surface area contributed by atoms with Crippen LogP contribution in [0.5, 0.6) is 0 Å². The van der Waals surface area contributed by atoms with E-state index in [2.05, 4.69) is 40.4 Å². The van der Waals surface area contributed by atoms with E-state index in [-0.39, 0.29) is 18.6 Å². The zero-order valence-corrected chi connectivity index (χ0v) is 12.7. The van der Waals surface area contributed by atoms with Gasteiger partial charge in [-0.1, -0.05) is 0 Å². The van der Waals surface area contributed by atoms with Crippen molar-refractivity contribution in [3.05, 3.63) is 0 Å². The van der Waals surface area contributed by atoms with Gasteiger partial charge in [-0.15, -0.1) is 0 Å². The Morgan fingerprint density at radius 3 is 2.38 bits per heavy atom. The van der Waals surface area contributed by atoms with Crippen LogP contribution in [0.15, 0.2) is 0 Å². The monoisotopic (exact) mass is 339 g/mol. The van der Waals surface area contributed by atoms with Crippen LogP contribution in [0.3, 0.4) is 0 Å². The number of rotatable bonds is 9. The first-order chi connectivity index (χ1) is 9.81. The van der Waals surface area contributed by atoms with E-state index >= 15 is 0 Å². The van der Waals surface area contributed by atoms with Gasteiger partial charge in [0.05, 0.1) is 0 Å². The Kier molecular flexibility index (Phi) is 9.58. The minimum atomic E-state index is -1.20. The Bertz CT molecular complexity index is 406. The van der Waals surface area contributed by atoms with Crippen molar-refractivity contribution in [2.45, 2.75) is 24.9 Å². The van der Waals surface area contributed by atoms with Gasteiger partial charge in [0, 0.05) is 25.1 Å². The molecular formula is C10H17N3O6S2.